The molecule has 0 aromatic carbocycles. The van der Waals surface area contributed by atoms with Crippen LogP contribution in [0.4, 0.5) is 0 Å². The molecule has 1 aliphatic heterocycles. The van der Waals surface area contributed by atoms with Crippen LogP contribution < -0.4 is 11.1 Å². The first-order valence-electron chi connectivity index (χ1n) is 8.61. The van der Waals surface area contributed by atoms with E-state index in [1.807, 2.05) is 7.05 Å². The summed E-state index contributed by atoms with van der Waals surface area (Å²) < 4.78 is 0. The molecule has 3 N–H and O–H groups in total. The number of primary amides is 1. The second-order valence-electron chi connectivity index (χ2n) is 7.10. The van der Waals surface area contributed by atoms with Crippen molar-refractivity contribution in [1.29, 1.82) is 0 Å². The van der Waals surface area contributed by atoms with Crippen LogP contribution in [-0.4, -0.2) is 66.6 Å². The number of carbonyl (C=O) groups excluding carboxylic acids is 1. The first kappa shape index (κ1) is 15.3. The molecule has 0 radical (unpaired) electrons. The average Bonchev–Trinajstić information content (AvgIpc) is 3.18. The van der Waals surface area contributed by atoms with Crippen molar-refractivity contribution in [1.82, 2.24) is 15.1 Å². The van der Waals surface area contributed by atoms with Crippen molar-refractivity contribution < 1.29 is 4.79 Å². The van der Waals surface area contributed by atoms with Gasteiger partial charge in [0.2, 0.25) is 5.91 Å². The summed E-state index contributed by atoms with van der Waals surface area (Å²) in [5.74, 6) is -0.183. The second kappa shape index (κ2) is 6.23. The molecule has 0 aromatic heterocycles. The van der Waals surface area contributed by atoms with Crippen molar-refractivity contribution in [2.24, 2.45) is 5.73 Å². The predicted molar refractivity (Wildman–Crippen MR) is 84.0 cm³/mol. The molecule has 0 spiro atoms. The highest BCUT2D eigenvalue weighted by atomic mass is 16.1. The minimum Gasteiger partial charge on any atom is -0.368 e. The van der Waals surface area contributed by atoms with E-state index in [-0.39, 0.29) is 5.91 Å². The number of nitrogens with two attached hydrogens (primary N) is 1. The zero-order chi connectivity index (χ0) is 14.9. The van der Waals surface area contributed by atoms with Gasteiger partial charge in [0.15, 0.2) is 0 Å². The normalized spacial score (nSPS) is 36.3. The van der Waals surface area contributed by atoms with Gasteiger partial charge in [-0.15, -0.1) is 0 Å². The Morgan fingerprint density at radius 3 is 2.10 bits per heavy atom. The lowest BCUT2D eigenvalue weighted by Gasteiger charge is -2.41. The highest BCUT2D eigenvalue weighted by Gasteiger charge is 2.45. The van der Waals surface area contributed by atoms with Crippen molar-refractivity contribution >= 4 is 5.91 Å². The monoisotopic (exact) mass is 294 g/mol. The lowest BCUT2D eigenvalue weighted by molar-refractivity contribution is -0.124. The molecule has 2 unspecified atom stereocenters. The van der Waals surface area contributed by atoms with E-state index in [1.54, 1.807) is 0 Å². The number of carbonyl (C=O) groups is 1. The van der Waals surface area contributed by atoms with Crippen LogP contribution in [0, 0.1) is 0 Å². The maximum absolute atomic E-state index is 11.7. The smallest absolute Gasteiger partial charge is 0.237 e. The molecule has 0 bridgehead atoms. The van der Waals surface area contributed by atoms with E-state index in [4.69, 9.17) is 5.73 Å². The summed E-state index contributed by atoms with van der Waals surface area (Å²) in [6.07, 6.45) is 8.47. The number of rotatable bonds is 4. The van der Waals surface area contributed by atoms with Crippen LogP contribution in [0.5, 0.6) is 0 Å². The molecule has 21 heavy (non-hydrogen) atoms. The Balaban J connectivity index is 1.52. The molecule has 1 heterocycles. The predicted octanol–water partition coefficient (Wildman–Crippen LogP) is 0.543. The lowest BCUT2D eigenvalue weighted by Crippen LogP contribution is -2.55. The van der Waals surface area contributed by atoms with Crippen LogP contribution in [0.1, 0.15) is 44.9 Å². The van der Waals surface area contributed by atoms with E-state index in [0.29, 0.717) is 6.04 Å². The Morgan fingerprint density at radius 1 is 1.05 bits per heavy atom. The molecule has 5 heteroatoms. The molecule has 0 aromatic rings. The SMILES string of the molecule is CNC1(C(N)=O)CCC(N2CCN(C3CCCC3)CC2)C1. The fourth-order valence-corrected chi connectivity index (χ4v) is 4.64. The first-order chi connectivity index (χ1) is 10.1. The number of likely N-dealkylation sites (N-methyl/N-ethyl adjacent to an activating group) is 1. The van der Waals surface area contributed by atoms with E-state index in [0.717, 1.165) is 38.4 Å². The van der Waals surface area contributed by atoms with Gasteiger partial charge in [0.1, 0.15) is 0 Å². The second-order valence-corrected chi connectivity index (χ2v) is 7.10. The summed E-state index contributed by atoms with van der Waals surface area (Å²) in [6, 6.07) is 1.37. The van der Waals surface area contributed by atoms with Gasteiger partial charge in [-0.3, -0.25) is 14.6 Å². The summed E-state index contributed by atoms with van der Waals surface area (Å²) in [7, 11) is 1.87. The molecule has 2 atom stereocenters. The van der Waals surface area contributed by atoms with E-state index >= 15 is 0 Å². The summed E-state index contributed by atoms with van der Waals surface area (Å²) >= 11 is 0. The van der Waals surface area contributed by atoms with Gasteiger partial charge in [0, 0.05) is 38.3 Å². The van der Waals surface area contributed by atoms with Gasteiger partial charge in [-0.05, 0) is 39.2 Å². The minimum absolute atomic E-state index is 0.183. The molecule has 3 rings (SSSR count). The Hall–Kier alpha value is -0.650. The van der Waals surface area contributed by atoms with Crippen LogP contribution >= 0.6 is 0 Å². The fourth-order valence-electron chi connectivity index (χ4n) is 4.64. The van der Waals surface area contributed by atoms with Gasteiger partial charge in [-0.2, -0.15) is 0 Å². The van der Waals surface area contributed by atoms with Crippen LogP contribution in [0.3, 0.4) is 0 Å². The van der Waals surface area contributed by atoms with E-state index in [1.165, 1.54) is 38.8 Å². The molecular weight excluding hydrogens is 264 g/mol. The number of hydrogen-bond donors (Lipinski definition) is 2. The highest BCUT2D eigenvalue weighted by molar-refractivity contribution is 5.85. The van der Waals surface area contributed by atoms with E-state index in [9.17, 15) is 4.79 Å². The number of piperazine rings is 1. The van der Waals surface area contributed by atoms with E-state index < -0.39 is 5.54 Å². The van der Waals surface area contributed by atoms with Crippen LogP contribution in [0.15, 0.2) is 0 Å². The zero-order valence-corrected chi connectivity index (χ0v) is 13.3. The number of nitrogens with one attached hydrogen (secondary N) is 1. The maximum atomic E-state index is 11.7. The van der Waals surface area contributed by atoms with Crippen molar-refractivity contribution in [2.45, 2.75) is 62.6 Å². The summed E-state index contributed by atoms with van der Waals surface area (Å²) in [5.41, 5.74) is 5.15. The molecular formula is C16H30N4O. The highest BCUT2D eigenvalue weighted by Crippen LogP contribution is 2.34. The Morgan fingerprint density at radius 2 is 1.62 bits per heavy atom. The maximum Gasteiger partial charge on any atom is 0.237 e. The third-order valence-electron chi connectivity index (χ3n) is 6.14. The summed E-state index contributed by atoms with van der Waals surface area (Å²) in [6.45, 7) is 4.70. The Kier molecular flexibility index (Phi) is 4.52. The molecule has 1 amide bonds. The van der Waals surface area contributed by atoms with Crippen LogP contribution in [0.2, 0.25) is 0 Å². The van der Waals surface area contributed by atoms with Crippen molar-refractivity contribution in [3.63, 3.8) is 0 Å². The third-order valence-corrected chi connectivity index (χ3v) is 6.14. The Labute approximate surface area is 128 Å². The average molecular weight is 294 g/mol. The standard InChI is InChI=1S/C16H30N4O/c1-18-16(15(17)21)7-6-14(12-16)20-10-8-19(9-11-20)13-4-2-3-5-13/h13-14,18H,2-12H2,1H3,(H2,17,21). The quantitative estimate of drug-likeness (QED) is 0.794. The van der Waals surface area contributed by atoms with Gasteiger partial charge in [0.05, 0.1) is 5.54 Å². The molecule has 120 valence electrons. The first-order valence-corrected chi connectivity index (χ1v) is 8.61. The number of nitrogens with zero attached hydrogens (tertiary/aromatic N) is 2. The zero-order valence-electron chi connectivity index (χ0n) is 13.3. The molecule has 1 saturated heterocycles. The summed E-state index contributed by atoms with van der Waals surface area (Å²) in [5, 5.41) is 3.19. The molecule has 3 aliphatic rings. The minimum atomic E-state index is -0.465. The summed E-state index contributed by atoms with van der Waals surface area (Å²) in [4.78, 5) is 17.0. The topological polar surface area (TPSA) is 61.6 Å². The molecule has 2 aliphatic carbocycles. The van der Waals surface area contributed by atoms with Gasteiger partial charge in [-0.25, -0.2) is 0 Å². The lowest BCUT2D eigenvalue weighted by atomic mass is 9.96. The molecule has 3 fully saturated rings. The Bertz CT molecular complexity index is 374. The van der Waals surface area contributed by atoms with Gasteiger partial charge >= 0.3 is 0 Å². The largest absolute Gasteiger partial charge is 0.368 e. The fraction of sp³-hybridized carbons (Fsp3) is 0.938. The van der Waals surface area contributed by atoms with Gasteiger partial charge in [0.25, 0.3) is 0 Å². The molecule has 5 nitrogen and oxygen atoms in total. The van der Waals surface area contributed by atoms with E-state index in [2.05, 4.69) is 15.1 Å². The van der Waals surface area contributed by atoms with Gasteiger partial charge < -0.3 is 11.1 Å². The van der Waals surface area contributed by atoms with Gasteiger partial charge in [-0.1, -0.05) is 12.8 Å². The van der Waals surface area contributed by atoms with Crippen LogP contribution in [0.25, 0.3) is 0 Å². The molecule has 2 saturated carbocycles. The van der Waals surface area contributed by atoms with Crippen molar-refractivity contribution in [3.05, 3.63) is 0 Å². The van der Waals surface area contributed by atoms with Crippen molar-refractivity contribution in [3.8, 4) is 0 Å². The number of hydrogen-bond acceptors (Lipinski definition) is 4. The third kappa shape index (κ3) is 2.96. The number of amides is 1. The van der Waals surface area contributed by atoms with Crippen molar-refractivity contribution in [2.75, 3.05) is 33.2 Å². The van der Waals surface area contributed by atoms with Crippen LogP contribution in [-0.2, 0) is 4.79 Å².